The minimum atomic E-state index is 0.636. The van der Waals surface area contributed by atoms with Crippen molar-refractivity contribution in [2.24, 2.45) is 23.7 Å². The van der Waals surface area contributed by atoms with Crippen molar-refractivity contribution >= 4 is 11.3 Å². The maximum absolute atomic E-state index is 4.00. The Morgan fingerprint density at radius 2 is 1.84 bits per heavy atom. The summed E-state index contributed by atoms with van der Waals surface area (Å²) in [6.45, 7) is 2.38. The van der Waals surface area contributed by atoms with E-state index in [-0.39, 0.29) is 0 Å². The van der Waals surface area contributed by atoms with Crippen molar-refractivity contribution in [3.63, 3.8) is 0 Å². The van der Waals surface area contributed by atoms with Crippen LogP contribution in [0.4, 0.5) is 0 Å². The fraction of sp³-hybridized carbons (Fsp3) is 0.765. The molecule has 4 saturated carbocycles. The summed E-state index contributed by atoms with van der Waals surface area (Å²) in [4.78, 5) is 0. The summed E-state index contributed by atoms with van der Waals surface area (Å²) in [6.07, 6.45) is 8.85. The first-order chi connectivity index (χ1) is 9.28. The molecule has 1 aromatic rings. The maximum Gasteiger partial charge on any atom is 0.0127 e. The molecule has 0 aromatic carbocycles. The summed E-state index contributed by atoms with van der Waals surface area (Å²) in [6, 6.07) is 3.75. The van der Waals surface area contributed by atoms with Gasteiger partial charge in [-0.1, -0.05) is 0 Å². The molecule has 0 spiro atoms. The number of hydrogen-bond donors (Lipinski definition) is 1. The lowest BCUT2D eigenvalue weighted by atomic mass is 9.54. The van der Waals surface area contributed by atoms with Crippen molar-refractivity contribution in [3.05, 3.63) is 22.4 Å². The Balaban J connectivity index is 1.40. The number of hydrogen-bond acceptors (Lipinski definition) is 2. The van der Waals surface area contributed by atoms with Gasteiger partial charge in [-0.15, -0.1) is 0 Å². The Bertz CT molecular complexity index is 396. The van der Waals surface area contributed by atoms with Gasteiger partial charge >= 0.3 is 0 Å². The molecule has 1 N–H and O–H groups in total. The van der Waals surface area contributed by atoms with E-state index >= 15 is 0 Å². The van der Waals surface area contributed by atoms with Crippen LogP contribution in [0.2, 0.25) is 0 Å². The standard InChI is InChI=1S/C17H25NS/c1-11(4-12-2-3-19-10-12)18-17-15-6-13-5-14(8-15)9-16(17)7-13/h2-3,10-11,13-18H,4-9H2,1H3. The van der Waals surface area contributed by atoms with Crippen molar-refractivity contribution in [1.82, 2.24) is 5.32 Å². The van der Waals surface area contributed by atoms with Crippen molar-refractivity contribution in [1.29, 1.82) is 0 Å². The zero-order chi connectivity index (χ0) is 12.8. The topological polar surface area (TPSA) is 12.0 Å². The van der Waals surface area contributed by atoms with E-state index in [1.54, 1.807) is 6.42 Å². The molecule has 2 heteroatoms. The monoisotopic (exact) mass is 275 g/mol. The van der Waals surface area contributed by atoms with Crippen molar-refractivity contribution < 1.29 is 0 Å². The molecule has 1 atom stereocenters. The quantitative estimate of drug-likeness (QED) is 0.872. The van der Waals surface area contributed by atoms with E-state index in [9.17, 15) is 0 Å². The van der Waals surface area contributed by atoms with Gasteiger partial charge in [0.15, 0.2) is 0 Å². The van der Waals surface area contributed by atoms with Crippen LogP contribution < -0.4 is 5.32 Å². The minimum Gasteiger partial charge on any atom is -0.311 e. The molecule has 4 aliphatic rings. The number of nitrogens with one attached hydrogen (secondary N) is 1. The predicted octanol–water partition coefficient (Wildman–Crippen LogP) is 4.09. The molecule has 0 amide bonds. The summed E-state index contributed by atoms with van der Waals surface area (Å²) >= 11 is 1.82. The Kier molecular flexibility index (Phi) is 3.19. The van der Waals surface area contributed by atoms with Gasteiger partial charge in [0.25, 0.3) is 0 Å². The average Bonchev–Trinajstić information content (AvgIpc) is 2.85. The average molecular weight is 275 g/mol. The normalized spacial score (nSPS) is 41.6. The van der Waals surface area contributed by atoms with Crippen LogP contribution in [0.1, 0.15) is 44.6 Å². The highest BCUT2D eigenvalue weighted by Crippen LogP contribution is 2.53. The van der Waals surface area contributed by atoms with E-state index in [4.69, 9.17) is 0 Å². The summed E-state index contributed by atoms with van der Waals surface area (Å²) in [7, 11) is 0. The molecule has 104 valence electrons. The van der Waals surface area contributed by atoms with Gasteiger partial charge in [0.05, 0.1) is 0 Å². The summed E-state index contributed by atoms with van der Waals surface area (Å²) in [5.74, 6) is 4.18. The van der Waals surface area contributed by atoms with Gasteiger partial charge in [0.1, 0.15) is 0 Å². The van der Waals surface area contributed by atoms with Crippen molar-refractivity contribution in [2.45, 2.75) is 57.5 Å². The zero-order valence-electron chi connectivity index (χ0n) is 11.8. The highest BCUT2D eigenvalue weighted by Gasteiger charge is 2.48. The van der Waals surface area contributed by atoms with Crippen LogP contribution in [0.15, 0.2) is 16.8 Å². The van der Waals surface area contributed by atoms with Gasteiger partial charge in [-0.05, 0) is 91.5 Å². The Labute approximate surface area is 120 Å². The number of rotatable bonds is 4. The molecule has 0 radical (unpaired) electrons. The maximum atomic E-state index is 4.00. The highest BCUT2D eigenvalue weighted by molar-refractivity contribution is 7.07. The SMILES string of the molecule is CC(Cc1ccsc1)NC1C2CC3CC(C2)CC1C3. The van der Waals surface area contributed by atoms with Gasteiger partial charge in [-0.25, -0.2) is 0 Å². The van der Waals surface area contributed by atoms with Gasteiger partial charge in [-0.3, -0.25) is 0 Å². The highest BCUT2D eigenvalue weighted by atomic mass is 32.1. The molecule has 4 aliphatic carbocycles. The van der Waals surface area contributed by atoms with Gasteiger partial charge in [0, 0.05) is 12.1 Å². The van der Waals surface area contributed by atoms with Gasteiger partial charge in [-0.2, -0.15) is 11.3 Å². The van der Waals surface area contributed by atoms with Gasteiger partial charge in [0.2, 0.25) is 0 Å². The molecule has 1 heterocycles. The largest absolute Gasteiger partial charge is 0.311 e. The third kappa shape index (κ3) is 2.38. The fourth-order valence-electron chi connectivity index (χ4n) is 5.35. The molecule has 1 unspecified atom stereocenters. The molecule has 4 fully saturated rings. The van der Waals surface area contributed by atoms with E-state index in [2.05, 4.69) is 29.1 Å². The lowest BCUT2D eigenvalue weighted by Gasteiger charge is -2.55. The van der Waals surface area contributed by atoms with E-state index in [1.807, 2.05) is 11.3 Å². The Morgan fingerprint density at radius 1 is 1.16 bits per heavy atom. The van der Waals surface area contributed by atoms with Crippen LogP contribution in [-0.2, 0) is 6.42 Å². The first-order valence-corrected chi connectivity index (χ1v) is 8.99. The molecule has 19 heavy (non-hydrogen) atoms. The second-order valence-electron chi connectivity index (χ2n) is 7.36. The smallest absolute Gasteiger partial charge is 0.0127 e. The zero-order valence-corrected chi connectivity index (χ0v) is 12.7. The van der Waals surface area contributed by atoms with E-state index < -0.39 is 0 Å². The molecule has 1 nitrogen and oxygen atoms in total. The van der Waals surface area contributed by atoms with E-state index in [1.165, 1.54) is 37.7 Å². The molecular weight excluding hydrogens is 250 g/mol. The Hall–Kier alpha value is -0.340. The first kappa shape index (κ1) is 12.4. The predicted molar refractivity (Wildman–Crippen MR) is 81.5 cm³/mol. The summed E-state index contributed by atoms with van der Waals surface area (Å²) in [5, 5.41) is 8.50. The summed E-state index contributed by atoms with van der Waals surface area (Å²) in [5.41, 5.74) is 1.51. The van der Waals surface area contributed by atoms with E-state index in [0.29, 0.717) is 6.04 Å². The first-order valence-electron chi connectivity index (χ1n) is 8.05. The third-order valence-corrected chi connectivity index (χ3v) is 6.56. The lowest BCUT2D eigenvalue weighted by Crippen LogP contribution is -2.56. The summed E-state index contributed by atoms with van der Waals surface area (Å²) < 4.78 is 0. The van der Waals surface area contributed by atoms with Crippen LogP contribution >= 0.6 is 11.3 Å². The van der Waals surface area contributed by atoms with Crippen LogP contribution in [0, 0.1) is 23.7 Å². The van der Waals surface area contributed by atoms with Crippen LogP contribution in [0.25, 0.3) is 0 Å². The molecule has 5 rings (SSSR count). The molecular formula is C17H25NS. The molecule has 1 aromatic heterocycles. The second-order valence-corrected chi connectivity index (χ2v) is 8.14. The van der Waals surface area contributed by atoms with E-state index in [0.717, 1.165) is 29.7 Å². The van der Waals surface area contributed by atoms with Crippen molar-refractivity contribution in [3.8, 4) is 0 Å². The molecule has 4 bridgehead atoms. The lowest BCUT2D eigenvalue weighted by molar-refractivity contribution is -0.0169. The molecule has 0 saturated heterocycles. The van der Waals surface area contributed by atoms with Crippen LogP contribution in [-0.4, -0.2) is 12.1 Å². The fourth-order valence-corrected chi connectivity index (χ4v) is 6.03. The van der Waals surface area contributed by atoms with Gasteiger partial charge < -0.3 is 5.32 Å². The molecule has 0 aliphatic heterocycles. The minimum absolute atomic E-state index is 0.636. The van der Waals surface area contributed by atoms with Crippen LogP contribution in [0.5, 0.6) is 0 Å². The van der Waals surface area contributed by atoms with Crippen molar-refractivity contribution in [2.75, 3.05) is 0 Å². The third-order valence-electron chi connectivity index (χ3n) is 5.83. The van der Waals surface area contributed by atoms with Crippen LogP contribution in [0.3, 0.4) is 0 Å². The number of thiophene rings is 1. The second kappa shape index (κ2) is 4.89. The Morgan fingerprint density at radius 3 is 2.42 bits per heavy atom.